The molecule has 1 N–H and O–H groups in total. The summed E-state index contributed by atoms with van der Waals surface area (Å²) in [5.74, 6) is 0. The predicted octanol–water partition coefficient (Wildman–Crippen LogP) is 2.53. The lowest BCUT2D eigenvalue weighted by Gasteiger charge is -2.39. The van der Waals surface area contributed by atoms with Crippen LogP contribution in [-0.4, -0.2) is 25.6 Å². The second kappa shape index (κ2) is 3.07. The zero-order chi connectivity index (χ0) is 10.3. The zero-order valence-corrected chi connectivity index (χ0v) is 10.5. The molecule has 0 unspecified atom stereocenters. The Bertz CT molecular complexity index is 190. The number of aliphatic hydroxyl groups is 1. The molecule has 0 aromatic heterocycles. The molecule has 1 aliphatic carbocycles. The third kappa shape index (κ3) is 2.33. The number of hydrogen-bond donors (Lipinski definition) is 1. The third-order valence-electron chi connectivity index (χ3n) is 3.37. The Labute approximate surface area is 82.4 Å². The van der Waals surface area contributed by atoms with Gasteiger partial charge in [0.2, 0.25) is 0 Å². The molecular weight excluding hydrogens is 180 g/mol. The average Bonchev–Trinajstić information content (AvgIpc) is 2.66. The lowest BCUT2D eigenvalue weighted by molar-refractivity contribution is 0.0825. The summed E-state index contributed by atoms with van der Waals surface area (Å²) < 4.78 is 6.14. The van der Waals surface area contributed by atoms with Gasteiger partial charge in [0.25, 0.3) is 0 Å². The van der Waals surface area contributed by atoms with Crippen LogP contribution in [0.15, 0.2) is 0 Å². The molecule has 0 aromatic rings. The summed E-state index contributed by atoms with van der Waals surface area (Å²) >= 11 is 0. The lowest BCUT2D eigenvalue weighted by atomic mass is 10.2. The Morgan fingerprint density at radius 1 is 1.31 bits per heavy atom. The molecule has 13 heavy (non-hydrogen) atoms. The third-order valence-corrected chi connectivity index (χ3v) is 7.93. The van der Waals surface area contributed by atoms with E-state index >= 15 is 0 Å². The molecule has 0 heterocycles. The van der Waals surface area contributed by atoms with E-state index in [1.165, 1.54) is 0 Å². The van der Waals surface area contributed by atoms with E-state index in [1.807, 2.05) is 0 Å². The van der Waals surface area contributed by atoms with Gasteiger partial charge in [-0.1, -0.05) is 20.8 Å². The smallest absolute Gasteiger partial charge is 0.192 e. The molecule has 1 saturated carbocycles. The monoisotopic (exact) mass is 202 g/mol. The predicted molar refractivity (Wildman–Crippen MR) is 57.3 cm³/mol. The number of rotatable bonds is 3. The minimum absolute atomic E-state index is 0.150. The van der Waals surface area contributed by atoms with Crippen molar-refractivity contribution < 1.29 is 9.53 Å². The molecule has 1 rings (SSSR count). The number of aliphatic hydroxyl groups excluding tert-OH is 1. The van der Waals surface area contributed by atoms with Gasteiger partial charge in [0.15, 0.2) is 8.32 Å². The summed E-state index contributed by atoms with van der Waals surface area (Å²) in [6, 6.07) is 0. The van der Waals surface area contributed by atoms with Crippen LogP contribution in [0.2, 0.25) is 18.1 Å². The van der Waals surface area contributed by atoms with Gasteiger partial charge < -0.3 is 9.53 Å². The van der Waals surface area contributed by atoms with E-state index in [0.29, 0.717) is 0 Å². The zero-order valence-electron chi connectivity index (χ0n) is 9.48. The maximum absolute atomic E-state index is 9.18. The Morgan fingerprint density at radius 3 is 2.00 bits per heavy atom. The summed E-state index contributed by atoms with van der Waals surface area (Å²) in [4.78, 5) is 0. The van der Waals surface area contributed by atoms with Crippen LogP contribution in [-0.2, 0) is 4.43 Å². The molecule has 0 aromatic carbocycles. The second-order valence-corrected chi connectivity index (χ2v) is 10.4. The van der Waals surface area contributed by atoms with Crippen molar-refractivity contribution in [1.82, 2.24) is 0 Å². The first kappa shape index (κ1) is 11.2. The van der Waals surface area contributed by atoms with Gasteiger partial charge in [-0.15, -0.1) is 0 Å². The van der Waals surface area contributed by atoms with Crippen molar-refractivity contribution >= 4 is 8.32 Å². The summed E-state index contributed by atoms with van der Waals surface area (Å²) in [5, 5.41) is 9.43. The van der Waals surface area contributed by atoms with Gasteiger partial charge in [0.1, 0.15) is 0 Å². The van der Waals surface area contributed by atoms with E-state index in [9.17, 15) is 5.11 Å². The van der Waals surface area contributed by atoms with Crippen molar-refractivity contribution in [3.63, 3.8) is 0 Å². The molecular formula is C10H22O2Si. The fraction of sp³-hybridized carbons (Fsp3) is 1.00. The van der Waals surface area contributed by atoms with Crippen LogP contribution in [0.1, 0.15) is 33.6 Å². The molecule has 1 aliphatic rings. The van der Waals surface area contributed by atoms with Crippen LogP contribution < -0.4 is 0 Å². The molecule has 0 atom stereocenters. The molecule has 78 valence electrons. The molecule has 2 nitrogen and oxygen atoms in total. The molecule has 0 spiro atoms. The minimum Gasteiger partial charge on any atom is -0.409 e. The first-order valence-electron chi connectivity index (χ1n) is 5.04. The molecule has 3 heteroatoms. The van der Waals surface area contributed by atoms with Crippen LogP contribution in [0.4, 0.5) is 0 Å². The van der Waals surface area contributed by atoms with E-state index in [4.69, 9.17) is 4.43 Å². The summed E-state index contributed by atoms with van der Waals surface area (Å²) in [6.07, 6.45) is 2.08. The topological polar surface area (TPSA) is 29.5 Å². The molecule has 0 aliphatic heterocycles. The first-order valence-corrected chi connectivity index (χ1v) is 7.94. The normalized spacial score (nSPS) is 21.7. The Kier molecular flexibility index (Phi) is 2.65. The second-order valence-electron chi connectivity index (χ2n) is 5.70. The highest BCUT2D eigenvalue weighted by Gasteiger charge is 2.50. The standard InChI is InChI=1S/C10H22O2Si/c1-9(2,3)13(4,5)12-10(8-11)6-7-10/h11H,6-8H2,1-5H3. The Hall–Kier alpha value is 0.137. The highest BCUT2D eigenvalue weighted by atomic mass is 28.4. The van der Waals surface area contributed by atoms with E-state index in [2.05, 4.69) is 33.9 Å². The van der Waals surface area contributed by atoms with Crippen molar-refractivity contribution in [1.29, 1.82) is 0 Å². The van der Waals surface area contributed by atoms with Crippen molar-refractivity contribution in [3.8, 4) is 0 Å². The largest absolute Gasteiger partial charge is 0.409 e. The lowest BCUT2D eigenvalue weighted by Crippen LogP contribution is -2.45. The van der Waals surface area contributed by atoms with Gasteiger partial charge in [0, 0.05) is 0 Å². The molecule has 0 bridgehead atoms. The van der Waals surface area contributed by atoms with E-state index < -0.39 is 8.32 Å². The SMILES string of the molecule is CC(C)(C)[Si](C)(C)OC1(CO)CC1. The highest BCUT2D eigenvalue weighted by Crippen LogP contribution is 2.47. The summed E-state index contributed by atoms with van der Waals surface area (Å²) in [5.41, 5.74) is -0.150. The maximum Gasteiger partial charge on any atom is 0.192 e. The van der Waals surface area contributed by atoms with Crippen LogP contribution in [0.3, 0.4) is 0 Å². The van der Waals surface area contributed by atoms with Crippen molar-refractivity contribution in [3.05, 3.63) is 0 Å². The quantitative estimate of drug-likeness (QED) is 0.713. The summed E-state index contributed by atoms with van der Waals surface area (Å²) in [7, 11) is -1.66. The van der Waals surface area contributed by atoms with Gasteiger partial charge >= 0.3 is 0 Å². The van der Waals surface area contributed by atoms with Crippen molar-refractivity contribution in [2.24, 2.45) is 0 Å². The fourth-order valence-electron chi connectivity index (χ4n) is 1.13. The van der Waals surface area contributed by atoms with Gasteiger partial charge in [-0.2, -0.15) is 0 Å². The van der Waals surface area contributed by atoms with Gasteiger partial charge in [-0.25, -0.2) is 0 Å². The summed E-state index contributed by atoms with van der Waals surface area (Å²) in [6.45, 7) is 11.4. The fourth-order valence-corrected chi connectivity index (χ4v) is 2.78. The Balaban J connectivity index is 2.62. The minimum atomic E-state index is -1.66. The molecule has 0 saturated heterocycles. The molecule has 0 radical (unpaired) electrons. The molecule has 1 fully saturated rings. The van der Waals surface area contributed by atoms with Crippen LogP contribution in [0, 0.1) is 0 Å². The first-order chi connectivity index (χ1) is 5.72. The van der Waals surface area contributed by atoms with Crippen LogP contribution in [0.5, 0.6) is 0 Å². The Morgan fingerprint density at radius 2 is 1.77 bits per heavy atom. The van der Waals surface area contributed by atoms with Gasteiger partial charge in [-0.3, -0.25) is 0 Å². The molecule has 0 amide bonds. The van der Waals surface area contributed by atoms with Crippen molar-refractivity contribution in [2.45, 2.75) is 57.3 Å². The van der Waals surface area contributed by atoms with E-state index in [-0.39, 0.29) is 17.2 Å². The van der Waals surface area contributed by atoms with E-state index in [1.54, 1.807) is 0 Å². The van der Waals surface area contributed by atoms with Crippen LogP contribution in [0.25, 0.3) is 0 Å². The van der Waals surface area contributed by atoms with Crippen LogP contribution >= 0.6 is 0 Å². The maximum atomic E-state index is 9.18. The van der Waals surface area contributed by atoms with Crippen molar-refractivity contribution in [2.75, 3.05) is 6.61 Å². The average molecular weight is 202 g/mol. The van der Waals surface area contributed by atoms with Gasteiger partial charge in [0.05, 0.1) is 12.2 Å². The number of hydrogen-bond acceptors (Lipinski definition) is 2. The van der Waals surface area contributed by atoms with E-state index in [0.717, 1.165) is 12.8 Å². The van der Waals surface area contributed by atoms with Gasteiger partial charge in [-0.05, 0) is 31.0 Å². The highest BCUT2D eigenvalue weighted by molar-refractivity contribution is 6.74.